The van der Waals surface area contributed by atoms with Gasteiger partial charge in [0.25, 0.3) is 0 Å². The quantitative estimate of drug-likeness (QED) is 0.538. The summed E-state index contributed by atoms with van der Waals surface area (Å²) in [5.74, 6) is 0.906. The first-order valence-corrected chi connectivity index (χ1v) is 13.7. The predicted octanol–water partition coefficient (Wildman–Crippen LogP) is 3.41. The summed E-state index contributed by atoms with van der Waals surface area (Å²) < 4.78 is 12.8. The summed E-state index contributed by atoms with van der Waals surface area (Å²) in [6, 6.07) is -0.773. The van der Waals surface area contributed by atoms with Gasteiger partial charge in [-0.15, -0.1) is 10.2 Å². The monoisotopic (exact) mass is 437 g/mol. The van der Waals surface area contributed by atoms with Crippen molar-refractivity contribution < 1.29 is 18.8 Å². The lowest BCUT2D eigenvalue weighted by molar-refractivity contribution is -0.0783. The molecule has 1 saturated carbocycles. The van der Waals surface area contributed by atoms with Gasteiger partial charge in [0.1, 0.15) is 12.1 Å². The Labute approximate surface area is 179 Å². The van der Waals surface area contributed by atoms with E-state index < -0.39 is 8.32 Å². The van der Waals surface area contributed by atoms with Crippen molar-refractivity contribution in [2.45, 2.75) is 76.4 Å². The molecule has 1 aliphatic carbocycles. The fraction of sp³-hybridized carbons (Fsp3) is 0.850. The molecular formula is C20H35N5O4Si. The fourth-order valence-electron chi connectivity index (χ4n) is 4.41. The maximum absolute atomic E-state index is 12.6. The summed E-state index contributed by atoms with van der Waals surface area (Å²) in [6.07, 6.45) is 2.47. The third-order valence-corrected chi connectivity index (χ3v) is 12.0. The van der Waals surface area contributed by atoms with Crippen LogP contribution in [0.3, 0.4) is 0 Å². The highest BCUT2D eigenvalue weighted by atomic mass is 28.4. The number of urea groups is 1. The summed E-state index contributed by atoms with van der Waals surface area (Å²) in [4.78, 5) is 16.3. The summed E-state index contributed by atoms with van der Waals surface area (Å²) in [5.41, 5.74) is -0.0165. The molecule has 3 fully saturated rings. The lowest BCUT2D eigenvalue weighted by Crippen LogP contribution is -2.43. The van der Waals surface area contributed by atoms with Gasteiger partial charge in [0.2, 0.25) is 11.8 Å². The third-order valence-electron chi connectivity index (χ3n) is 7.47. The molecule has 3 heterocycles. The van der Waals surface area contributed by atoms with Gasteiger partial charge >= 0.3 is 6.03 Å². The number of amides is 2. The van der Waals surface area contributed by atoms with Gasteiger partial charge in [-0.1, -0.05) is 20.8 Å². The topological polar surface area (TPSA) is 95.2 Å². The molecule has 30 heavy (non-hydrogen) atoms. The molecule has 9 nitrogen and oxygen atoms in total. The van der Waals surface area contributed by atoms with Crippen LogP contribution in [0.1, 0.15) is 64.0 Å². The number of carbonyl (C=O) groups is 1. The Morgan fingerprint density at radius 3 is 2.57 bits per heavy atom. The number of piperidine rings is 1. The molecule has 3 aliphatic rings. The number of hydroxylamine groups is 2. The molecule has 3 atom stereocenters. The van der Waals surface area contributed by atoms with Crippen molar-refractivity contribution in [1.29, 1.82) is 0 Å². The number of carbonyl (C=O) groups excluding carboxylic acids is 1. The number of nitrogens with zero attached hydrogens (tertiary/aromatic N) is 5. The summed E-state index contributed by atoms with van der Waals surface area (Å²) in [6.45, 7) is 12.2. The Balaban J connectivity index is 1.59. The fourth-order valence-corrected chi connectivity index (χ4v) is 5.65. The van der Waals surface area contributed by atoms with Crippen LogP contribution in [0.5, 0.6) is 0 Å². The van der Waals surface area contributed by atoms with Gasteiger partial charge in [-0.05, 0) is 56.9 Å². The van der Waals surface area contributed by atoms with Gasteiger partial charge < -0.3 is 18.6 Å². The minimum atomic E-state index is -2.05. The van der Waals surface area contributed by atoms with Crippen LogP contribution < -0.4 is 0 Å². The number of fused-ring (bicyclic) bond motifs is 3. The minimum absolute atomic E-state index is 0.0165. The highest BCUT2D eigenvalue weighted by Crippen LogP contribution is 2.61. The highest BCUT2D eigenvalue weighted by Gasteiger charge is 2.63. The molecule has 1 spiro atoms. The molecule has 1 N–H and O–H groups in total. The largest absolute Gasteiger partial charge is 0.420 e. The Kier molecular flexibility index (Phi) is 5.08. The van der Waals surface area contributed by atoms with Gasteiger partial charge in [0, 0.05) is 13.1 Å². The van der Waals surface area contributed by atoms with Crippen LogP contribution in [-0.4, -0.2) is 77.8 Å². The average Bonchev–Trinajstić information content (AvgIpc) is 3.11. The molecule has 0 aromatic carbocycles. The second-order valence-electron chi connectivity index (χ2n) is 11.0. The number of rotatable bonds is 6. The second-order valence-corrected chi connectivity index (χ2v) is 15.7. The van der Waals surface area contributed by atoms with Gasteiger partial charge in [0.15, 0.2) is 8.32 Å². The van der Waals surface area contributed by atoms with Gasteiger partial charge in [-0.3, -0.25) is 5.21 Å². The van der Waals surface area contributed by atoms with E-state index in [-0.39, 0.29) is 34.7 Å². The van der Waals surface area contributed by atoms with E-state index in [0.717, 1.165) is 24.3 Å². The molecular weight excluding hydrogens is 402 g/mol. The number of likely N-dealkylation sites (N-methyl/N-ethyl adjacent to an activating group) is 1. The maximum Gasteiger partial charge on any atom is 0.344 e. The lowest BCUT2D eigenvalue weighted by atomic mass is 9.85. The van der Waals surface area contributed by atoms with E-state index in [0.29, 0.717) is 24.9 Å². The lowest BCUT2D eigenvalue weighted by Gasteiger charge is -2.39. The maximum atomic E-state index is 12.6. The molecule has 0 radical (unpaired) electrons. The highest BCUT2D eigenvalue weighted by molar-refractivity contribution is 6.74. The van der Waals surface area contributed by atoms with Crippen molar-refractivity contribution in [3.63, 3.8) is 0 Å². The summed E-state index contributed by atoms with van der Waals surface area (Å²) in [5, 5.41) is 19.9. The molecule has 4 rings (SSSR count). The van der Waals surface area contributed by atoms with Crippen molar-refractivity contribution in [2.24, 2.45) is 5.41 Å². The Morgan fingerprint density at radius 2 is 2.00 bits per heavy atom. The van der Waals surface area contributed by atoms with Crippen molar-refractivity contribution in [3.05, 3.63) is 11.8 Å². The zero-order valence-electron chi connectivity index (χ0n) is 19.2. The van der Waals surface area contributed by atoms with Crippen molar-refractivity contribution in [2.75, 3.05) is 27.2 Å². The molecule has 1 aromatic heterocycles. The Hall–Kier alpha value is -1.49. The van der Waals surface area contributed by atoms with E-state index in [2.05, 4.69) is 49.0 Å². The van der Waals surface area contributed by atoms with Gasteiger partial charge in [-0.2, -0.15) is 0 Å². The molecule has 2 bridgehead atoms. The number of hydrogen-bond donors (Lipinski definition) is 1. The van der Waals surface area contributed by atoms with Crippen LogP contribution in [0, 0.1) is 5.41 Å². The standard InChI is InChI=1S/C20H35N5O4Si/c1-19(2,3)30(6,7)29-14(11-23(4)5)17-22-21-16(28-17)13-10-20(8-9-20)15-12-24(13)18(26)25(15)27/h13-15,27H,8-12H2,1-7H3/t13?,14-,15+/m0/s1. The van der Waals surface area contributed by atoms with Crippen LogP contribution in [0.2, 0.25) is 18.1 Å². The third kappa shape index (κ3) is 3.57. The molecule has 10 heteroatoms. The van der Waals surface area contributed by atoms with E-state index in [1.165, 1.54) is 0 Å². The zero-order chi connectivity index (χ0) is 22.1. The molecule has 1 unspecified atom stereocenters. The second kappa shape index (κ2) is 7.01. The van der Waals surface area contributed by atoms with Crippen LogP contribution in [0.25, 0.3) is 0 Å². The van der Waals surface area contributed by atoms with E-state index in [9.17, 15) is 10.0 Å². The SMILES string of the molecule is CN(C)C[C@H](O[Si](C)(C)C(C)(C)C)c1nnc(C2CC3(CC3)[C@H]3CN2C(=O)N3O)o1. The smallest absolute Gasteiger partial charge is 0.344 e. The predicted molar refractivity (Wildman–Crippen MR) is 112 cm³/mol. The minimum Gasteiger partial charge on any atom is -0.420 e. The summed E-state index contributed by atoms with van der Waals surface area (Å²) in [7, 11) is 1.94. The van der Waals surface area contributed by atoms with Crippen LogP contribution >= 0.6 is 0 Å². The van der Waals surface area contributed by atoms with E-state index in [1.54, 1.807) is 4.90 Å². The first-order valence-electron chi connectivity index (χ1n) is 10.8. The first kappa shape index (κ1) is 21.7. The van der Waals surface area contributed by atoms with Crippen molar-refractivity contribution in [3.8, 4) is 0 Å². The Bertz CT molecular complexity index is 816. The number of hydrogen-bond acceptors (Lipinski definition) is 7. The summed E-state index contributed by atoms with van der Waals surface area (Å²) >= 11 is 0. The average molecular weight is 438 g/mol. The number of aromatic nitrogens is 2. The van der Waals surface area contributed by atoms with Crippen LogP contribution in [0.15, 0.2) is 4.42 Å². The molecule has 1 aromatic rings. The van der Waals surface area contributed by atoms with Crippen molar-refractivity contribution in [1.82, 2.24) is 25.1 Å². The Morgan fingerprint density at radius 1 is 1.33 bits per heavy atom. The van der Waals surface area contributed by atoms with E-state index in [1.807, 2.05) is 14.1 Å². The first-order chi connectivity index (χ1) is 13.8. The molecule has 2 aliphatic heterocycles. The molecule has 2 saturated heterocycles. The normalized spacial score (nSPS) is 26.8. The molecule has 2 amide bonds. The van der Waals surface area contributed by atoms with E-state index >= 15 is 0 Å². The zero-order valence-corrected chi connectivity index (χ0v) is 20.2. The van der Waals surface area contributed by atoms with Crippen LogP contribution in [0.4, 0.5) is 4.79 Å². The van der Waals surface area contributed by atoms with Gasteiger partial charge in [-0.25, -0.2) is 9.86 Å². The van der Waals surface area contributed by atoms with Crippen LogP contribution in [-0.2, 0) is 4.43 Å². The van der Waals surface area contributed by atoms with Gasteiger partial charge in [0.05, 0.1) is 6.04 Å². The van der Waals surface area contributed by atoms with Crippen molar-refractivity contribution >= 4 is 14.3 Å². The molecule has 168 valence electrons. The van der Waals surface area contributed by atoms with E-state index in [4.69, 9.17) is 8.84 Å².